The minimum Gasteiger partial charge on any atom is -0.756 e. The van der Waals surface area contributed by atoms with Gasteiger partial charge in [-0.1, -0.05) is 0 Å². The highest BCUT2D eigenvalue weighted by Gasteiger charge is 2.55. The second-order valence-electron chi connectivity index (χ2n) is 12.1. The first-order valence-corrected chi connectivity index (χ1v) is 19.4. The van der Waals surface area contributed by atoms with Crippen LogP contribution in [-0.2, 0) is 45.8 Å². The molecule has 27 heteroatoms. The fourth-order valence-corrected chi connectivity index (χ4v) is 9.13. The van der Waals surface area contributed by atoms with Gasteiger partial charge in [0.2, 0.25) is 12.1 Å². The zero-order chi connectivity index (χ0) is 35.2. The lowest BCUT2D eigenvalue weighted by Crippen LogP contribution is -3.18. The molecule has 0 aliphatic carbocycles. The van der Waals surface area contributed by atoms with E-state index in [0.29, 0.717) is 24.3 Å². The van der Waals surface area contributed by atoms with Crippen molar-refractivity contribution in [2.75, 3.05) is 39.6 Å². The largest absolute Gasteiger partial charge is 0.756 e. The number of amides is 1. The lowest BCUT2D eigenvalue weighted by molar-refractivity contribution is -0.956. The van der Waals surface area contributed by atoms with E-state index in [1.54, 1.807) is 0 Å². The zero-order valence-electron chi connectivity index (χ0n) is 25.2. The molecule has 5 aliphatic heterocycles. The predicted molar refractivity (Wildman–Crippen MR) is 150 cm³/mol. The molecule has 0 spiro atoms. The van der Waals surface area contributed by atoms with Crippen LogP contribution >= 0.6 is 23.5 Å². The number of nitrogens with zero attached hydrogens (tertiary/aromatic N) is 1. The minimum absolute atomic E-state index is 0.0496. The number of rotatable bonds is 13. The van der Waals surface area contributed by atoms with Crippen LogP contribution in [0.3, 0.4) is 0 Å². The molecule has 24 nitrogen and oxygen atoms in total. The van der Waals surface area contributed by atoms with E-state index in [2.05, 4.69) is 29.3 Å². The number of nitrogens with two attached hydrogens (primary N) is 2. The number of hydrogen-bond acceptors (Lipinski definition) is 20. The Hall–Kier alpha value is -0.600. The highest BCUT2D eigenvalue weighted by atomic mass is 31.3. The van der Waals surface area contributed by atoms with E-state index >= 15 is 0 Å². The van der Waals surface area contributed by atoms with Crippen molar-refractivity contribution in [3.05, 3.63) is 0 Å². The fourth-order valence-electron chi connectivity index (χ4n) is 6.57. The number of carbonyl (C=O) groups is 1. The van der Waals surface area contributed by atoms with Gasteiger partial charge >= 0.3 is 7.82 Å². The summed E-state index contributed by atoms with van der Waals surface area (Å²) in [5, 5.41) is 40.8. The van der Waals surface area contributed by atoms with Crippen LogP contribution in [0, 0.1) is 5.92 Å². The van der Waals surface area contributed by atoms with Gasteiger partial charge in [0.15, 0.2) is 6.10 Å². The number of phosphoric ester groups is 3. The molecular weight excluding hydrogens is 715 g/mol. The molecule has 48 heavy (non-hydrogen) atoms. The number of quaternary nitrogens is 1. The van der Waals surface area contributed by atoms with E-state index in [0.717, 1.165) is 0 Å². The molecule has 5 fully saturated rings. The molecule has 7 unspecified atom stereocenters. The van der Waals surface area contributed by atoms with Crippen molar-refractivity contribution in [3.63, 3.8) is 0 Å². The molecule has 13 N–H and O–H groups in total. The van der Waals surface area contributed by atoms with Gasteiger partial charge in [0.05, 0.1) is 57.3 Å². The van der Waals surface area contributed by atoms with E-state index < -0.39 is 116 Å². The molecule has 0 bridgehead atoms. The van der Waals surface area contributed by atoms with Crippen LogP contribution in [0.5, 0.6) is 0 Å². The quantitative estimate of drug-likeness (QED) is 0.0777. The number of aliphatic hydroxyl groups is 3. The molecule has 0 saturated carbocycles. The highest BCUT2D eigenvalue weighted by Crippen LogP contribution is 2.56. The van der Waals surface area contributed by atoms with Gasteiger partial charge in [0, 0.05) is 6.67 Å². The van der Waals surface area contributed by atoms with E-state index in [-0.39, 0.29) is 19.9 Å². The lowest BCUT2D eigenvalue weighted by Gasteiger charge is -2.39. The Labute approximate surface area is 273 Å². The van der Waals surface area contributed by atoms with Gasteiger partial charge in [-0.15, -0.1) is 0 Å². The Balaban J connectivity index is 1.15. The van der Waals surface area contributed by atoms with Crippen LogP contribution in [0.4, 0.5) is 0 Å². The summed E-state index contributed by atoms with van der Waals surface area (Å²) in [4.78, 5) is 57.4. The fraction of sp³-hybridized carbons (Fsp3) is 0.952. The number of phosphoric acid groups is 3. The minimum atomic E-state index is -5.77. The maximum Gasteiger partial charge on any atom is 0.470 e. The number of likely N-dealkylation sites (tertiary alicyclic amines) is 1. The number of nitrogens with one attached hydrogen (secondary N) is 4. The molecule has 5 rings (SSSR count). The maximum absolute atomic E-state index is 12.5. The summed E-state index contributed by atoms with van der Waals surface area (Å²) in [5.74, 6) is -1.02. The van der Waals surface area contributed by atoms with Crippen molar-refractivity contribution in [1.29, 1.82) is 0 Å². The van der Waals surface area contributed by atoms with Gasteiger partial charge in [-0.05, 0) is 12.8 Å². The molecular formula is C21H41N7O17P3-. The second-order valence-corrected chi connectivity index (χ2v) is 16.2. The van der Waals surface area contributed by atoms with E-state index in [9.17, 15) is 53.4 Å². The highest BCUT2D eigenvalue weighted by molar-refractivity contribution is 7.59. The van der Waals surface area contributed by atoms with Crippen molar-refractivity contribution in [3.8, 4) is 0 Å². The Bertz CT molecular complexity index is 1300. The van der Waals surface area contributed by atoms with Crippen LogP contribution in [0.2, 0.25) is 0 Å². The van der Waals surface area contributed by atoms with Gasteiger partial charge in [-0.3, -0.25) is 34.4 Å². The molecule has 5 aliphatic rings. The van der Waals surface area contributed by atoms with E-state index in [1.165, 1.54) is 4.90 Å². The summed E-state index contributed by atoms with van der Waals surface area (Å²) in [5.41, 5.74) is 11.4. The summed E-state index contributed by atoms with van der Waals surface area (Å²) in [6, 6.07) is -0.406. The Morgan fingerprint density at radius 3 is 2.25 bits per heavy atom. The van der Waals surface area contributed by atoms with E-state index in [1.807, 2.05) is 0 Å². The molecule has 0 radical (unpaired) electrons. The zero-order valence-corrected chi connectivity index (χ0v) is 27.8. The van der Waals surface area contributed by atoms with Gasteiger partial charge in [0.25, 0.3) is 15.6 Å². The third-order valence-electron chi connectivity index (χ3n) is 8.86. The van der Waals surface area contributed by atoms with Crippen LogP contribution < -0.4 is 42.1 Å². The van der Waals surface area contributed by atoms with Gasteiger partial charge in [0.1, 0.15) is 36.7 Å². The average Bonchev–Trinajstić information content (AvgIpc) is 3.64. The predicted octanol–water partition coefficient (Wildman–Crippen LogP) is -8.24. The number of primary amides is 1. The number of fused-ring (bicyclic) bond motifs is 1. The lowest BCUT2D eigenvalue weighted by atomic mass is 9.96. The molecule has 0 aromatic carbocycles. The number of ether oxygens (including phenoxy) is 2. The molecule has 5 saturated heterocycles. The smallest absolute Gasteiger partial charge is 0.470 e. The van der Waals surface area contributed by atoms with Crippen LogP contribution in [-0.4, -0.2) is 143 Å². The molecule has 278 valence electrons. The normalized spacial score (nSPS) is 43.5. The summed E-state index contributed by atoms with van der Waals surface area (Å²) < 4.78 is 65.9. The third kappa shape index (κ3) is 9.06. The number of piperidine rings is 1. The average molecular weight is 757 g/mol. The van der Waals surface area contributed by atoms with Crippen LogP contribution in [0.15, 0.2) is 0 Å². The Morgan fingerprint density at radius 1 is 0.979 bits per heavy atom. The van der Waals surface area contributed by atoms with Gasteiger partial charge in [-0.2, -0.15) is 0 Å². The van der Waals surface area contributed by atoms with Gasteiger partial charge in [-0.25, -0.2) is 13.8 Å². The second kappa shape index (κ2) is 15.2. The van der Waals surface area contributed by atoms with Crippen molar-refractivity contribution >= 4 is 29.4 Å². The number of hydrogen-bond donors (Lipinski definition) is 11. The standard InChI is InChI=1S/C21H42N7O17P3/c22-17-12-19(25-7-24-17)28(8-26-12)21-16(44-46(33,34)35)14(30)11(43-21)6-41-48(38,39)45-47(36,37)40-5-10-13(29)15(31)20(42-10)27-3-1-2-9(4-27)18(23)32/h9-17,19-21,24-26,29-31H,1-8,22H2,(H2,23,32)(H,36,37)(H,38,39)(H2,33,34,35)/p-1/t9?,10-,11-,12?,13-,14-,15-,16-,17?,19?,20-,21+/m0/s1. The van der Waals surface area contributed by atoms with Crippen molar-refractivity contribution < 1.29 is 85.6 Å². The topological polar surface area (TPSA) is 367 Å². The first-order chi connectivity index (χ1) is 22.4. The molecule has 1 amide bonds. The maximum atomic E-state index is 12.5. The third-order valence-corrected chi connectivity index (χ3v) is 11.9. The summed E-state index contributed by atoms with van der Waals surface area (Å²) in [6.07, 6.45) is -12.2. The van der Waals surface area contributed by atoms with Crippen molar-refractivity contribution in [2.45, 2.75) is 80.3 Å². The van der Waals surface area contributed by atoms with E-state index in [4.69, 9.17) is 25.5 Å². The van der Waals surface area contributed by atoms with Crippen molar-refractivity contribution in [2.24, 2.45) is 17.4 Å². The van der Waals surface area contributed by atoms with Crippen LogP contribution in [0.1, 0.15) is 12.8 Å². The number of aliphatic hydroxyl groups excluding tert-OH is 3. The Kier molecular flexibility index (Phi) is 12.2. The van der Waals surface area contributed by atoms with Crippen LogP contribution in [0.25, 0.3) is 0 Å². The molecule has 0 aromatic heterocycles. The summed E-state index contributed by atoms with van der Waals surface area (Å²) in [6.45, 7) is -1.06. The molecule has 15 atom stereocenters. The monoisotopic (exact) mass is 756 g/mol. The Morgan fingerprint density at radius 2 is 1.62 bits per heavy atom. The first-order valence-electron chi connectivity index (χ1n) is 14.9. The first kappa shape index (κ1) is 38.6. The SMILES string of the molecule is NC(=O)C1CCC[NH+]([C@H]2O[C@@H](COP(=O)([O-])OP(=O)([O-])OC[C@@H]3O[C@@H](N4CNC5C(N)NCNC54)[C@@H](OP(=O)(O)O)[C@H]3O)[C@H](O)[C@@H]2O)C1. The summed E-state index contributed by atoms with van der Waals surface area (Å²) in [7, 11) is -16.7. The van der Waals surface area contributed by atoms with Gasteiger partial charge < -0.3 is 69.8 Å². The molecule has 5 heterocycles. The molecule has 0 aromatic rings. The van der Waals surface area contributed by atoms with Crippen molar-refractivity contribution in [1.82, 2.24) is 20.9 Å². The number of carbonyl (C=O) groups excluding carboxylic acids is 1. The summed E-state index contributed by atoms with van der Waals surface area (Å²) >= 11 is 0.